The first kappa shape index (κ1) is 17.2. The molecule has 0 radical (unpaired) electrons. The molecule has 6 nitrogen and oxygen atoms in total. The Bertz CT molecular complexity index is 865. The maximum absolute atomic E-state index is 12.3. The largest absolute Gasteiger partial charge is 0.361 e. The van der Waals surface area contributed by atoms with Gasteiger partial charge in [0.25, 0.3) is 0 Å². The molecule has 1 N–H and O–H groups in total. The summed E-state index contributed by atoms with van der Waals surface area (Å²) in [6.07, 6.45) is 2.61. The Balaban J connectivity index is 1.62. The molecule has 2 aromatic heterocycles. The fourth-order valence-corrected chi connectivity index (χ4v) is 2.89. The van der Waals surface area contributed by atoms with Crippen molar-refractivity contribution in [2.45, 2.75) is 33.2 Å². The van der Waals surface area contributed by atoms with Crippen molar-refractivity contribution in [2.24, 2.45) is 0 Å². The van der Waals surface area contributed by atoms with Crippen LogP contribution >= 0.6 is 11.6 Å². The van der Waals surface area contributed by atoms with Crippen LogP contribution in [0.3, 0.4) is 0 Å². The van der Waals surface area contributed by atoms with Crippen LogP contribution in [-0.4, -0.2) is 20.8 Å². The number of anilines is 1. The number of hydrogen-bond donors (Lipinski definition) is 1. The molecule has 7 heteroatoms. The highest BCUT2D eigenvalue weighted by atomic mass is 35.5. The van der Waals surface area contributed by atoms with Gasteiger partial charge in [-0.25, -0.2) is 4.68 Å². The number of aryl methyl sites for hydroxylation is 2. The molecule has 0 saturated carbocycles. The van der Waals surface area contributed by atoms with E-state index in [1.165, 1.54) is 0 Å². The molecule has 0 aliphatic heterocycles. The summed E-state index contributed by atoms with van der Waals surface area (Å²) in [6.45, 7) is 4.27. The Kier molecular flexibility index (Phi) is 5.19. The number of hydrogen-bond acceptors (Lipinski definition) is 4. The third kappa shape index (κ3) is 4.28. The highest BCUT2D eigenvalue weighted by Crippen LogP contribution is 2.16. The lowest BCUT2D eigenvalue weighted by molar-refractivity contribution is -0.116. The van der Waals surface area contributed by atoms with Crippen LogP contribution in [0.4, 0.5) is 5.82 Å². The van der Waals surface area contributed by atoms with Gasteiger partial charge in [-0.1, -0.05) is 28.9 Å². The molecule has 130 valence electrons. The highest BCUT2D eigenvalue weighted by molar-refractivity contribution is 6.30. The lowest BCUT2D eigenvalue weighted by Crippen LogP contribution is -2.16. The zero-order valence-corrected chi connectivity index (χ0v) is 14.9. The minimum Gasteiger partial charge on any atom is -0.361 e. The second-order valence-corrected chi connectivity index (χ2v) is 6.29. The number of carbonyl (C=O) groups excluding carboxylic acids is 1. The first-order chi connectivity index (χ1) is 12.0. The summed E-state index contributed by atoms with van der Waals surface area (Å²) in [5.41, 5.74) is 2.83. The van der Waals surface area contributed by atoms with E-state index in [0.717, 1.165) is 22.6 Å². The highest BCUT2D eigenvalue weighted by Gasteiger charge is 2.13. The minimum atomic E-state index is -0.0761. The lowest BCUT2D eigenvalue weighted by atomic mass is 10.1. The van der Waals surface area contributed by atoms with Crippen molar-refractivity contribution < 1.29 is 9.32 Å². The van der Waals surface area contributed by atoms with Crippen LogP contribution in [0.1, 0.15) is 29.0 Å². The summed E-state index contributed by atoms with van der Waals surface area (Å²) >= 11 is 6.01. The molecule has 0 saturated heterocycles. The van der Waals surface area contributed by atoms with Gasteiger partial charge < -0.3 is 9.84 Å². The van der Waals surface area contributed by atoms with Crippen LogP contribution < -0.4 is 5.32 Å². The zero-order valence-electron chi connectivity index (χ0n) is 14.1. The van der Waals surface area contributed by atoms with Crippen molar-refractivity contribution in [2.75, 3.05) is 5.32 Å². The van der Waals surface area contributed by atoms with E-state index in [1.807, 2.05) is 38.1 Å². The van der Waals surface area contributed by atoms with Crippen molar-refractivity contribution in [1.29, 1.82) is 0 Å². The van der Waals surface area contributed by atoms with Crippen molar-refractivity contribution >= 4 is 23.3 Å². The van der Waals surface area contributed by atoms with E-state index in [-0.39, 0.29) is 5.91 Å². The monoisotopic (exact) mass is 358 g/mol. The van der Waals surface area contributed by atoms with Crippen LogP contribution in [0.25, 0.3) is 0 Å². The Labute approximate surface area is 150 Å². The molecule has 0 aliphatic rings. The van der Waals surface area contributed by atoms with E-state index < -0.39 is 0 Å². The fraction of sp³-hybridized carbons (Fsp3) is 0.278. The van der Waals surface area contributed by atoms with Gasteiger partial charge in [-0.3, -0.25) is 4.79 Å². The summed E-state index contributed by atoms with van der Waals surface area (Å²) in [5.74, 6) is 1.34. The molecule has 3 aromatic rings. The minimum absolute atomic E-state index is 0.0761. The molecule has 1 amide bonds. The lowest BCUT2D eigenvalue weighted by Gasteiger charge is -2.09. The van der Waals surface area contributed by atoms with E-state index in [9.17, 15) is 4.79 Å². The van der Waals surface area contributed by atoms with E-state index in [1.54, 1.807) is 16.9 Å². The molecule has 0 spiro atoms. The van der Waals surface area contributed by atoms with Crippen molar-refractivity contribution in [3.63, 3.8) is 0 Å². The summed E-state index contributed by atoms with van der Waals surface area (Å²) in [6, 6.07) is 9.34. The predicted molar refractivity (Wildman–Crippen MR) is 95.7 cm³/mol. The summed E-state index contributed by atoms with van der Waals surface area (Å²) in [4.78, 5) is 12.3. The summed E-state index contributed by atoms with van der Waals surface area (Å²) < 4.78 is 6.86. The predicted octanol–water partition coefficient (Wildman–Crippen LogP) is 3.76. The normalized spacial score (nSPS) is 10.8. The molecule has 0 atom stereocenters. The van der Waals surface area contributed by atoms with E-state index in [2.05, 4.69) is 15.6 Å². The van der Waals surface area contributed by atoms with Gasteiger partial charge in [0, 0.05) is 23.1 Å². The Morgan fingerprint density at radius 2 is 2.16 bits per heavy atom. The number of aromatic nitrogens is 3. The van der Waals surface area contributed by atoms with Crippen LogP contribution in [0.15, 0.2) is 41.1 Å². The second-order valence-electron chi connectivity index (χ2n) is 5.85. The fourth-order valence-electron chi connectivity index (χ4n) is 2.68. The SMILES string of the molecule is Cc1noc(C)c1CCC(=O)Nc1ccnn1Cc1cccc(Cl)c1. The van der Waals surface area contributed by atoms with Gasteiger partial charge in [0.15, 0.2) is 0 Å². The molecule has 0 fully saturated rings. The van der Waals surface area contributed by atoms with Gasteiger partial charge >= 0.3 is 0 Å². The molecule has 1 aromatic carbocycles. The zero-order chi connectivity index (χ0) is 17.8. The van der Waals surface area contributed by atoms with Gasteiger partial charge in [0.05, 0.1) is 18.4 Å². The average Bonchev–Trinajstić information content (AvgIpc) is 3.13. The smallest absolute Gasteiger partial charge is 0.225 e. The number of benzene rings is 1. The van der Waals surface area contributed by atoms with Crippen LogP contribution in [0, 0.1) is 13.8 Å². The molecule has 0 aliphatic carbocycles. The van der Waals surface area contributed by atoms with Crippen LogP contribution in [0.2, 0.25) is 5.02 Å². The molecule has 0 bridgehead atoms. The number of nitrogens with one attached hydrogen (secondary N) is 1. The number of amides is 1. The Hall–Kier alpha value is -2.60. The van der Waals surface area contributed by atoms with Gasteiger partial charge in [0.1, 0.15) is 11.6 Å². The first-order valence-corrected chi connectivity index (χ1v) is 8.38. The number of halogens is 1. The molecule has 25 heavy (non-hydrogen) atoms. The molecule has 2 heterocycles. The van der Waals surface area contributed by atoms with E-state index in [0.29, 0.717) is 30.2 Å². The third-order valence-electron chi connectivity index (χ3n) is 3.99. The maximum atomic E-state index is 12.3. The molecule has 3 rings (SSSR count). The first-order valence-electron chi connectivity index (χ1n) is 8.01. The standard InChI is InChI=1S/C18H19ClN4O2/c1-12-16(13(2)25-22-12)6-7-18(24)21-17-8-9-20-23(17)11-14-4-3-5-15(19)10-14/h3-5,8-10H,6-7,11H2,1-2H3,(H,21,24). The Morgan fingerprint density at radius 3 is 2.88 bits per heavy atom. The van der Waals surface area contributed by atoms with Crippen LogP contribution in [0.5, 0.6) is 0 Å². The molecular formula is C18H19ClN4O2. The van der Waals surface area contributed by atoms with Crippen molar-refractivity contribution in [3.8, 4) is 0 Å². The van der Waals surface area contributed by atoms with Gasteiger partial charge in [0.2, 0.25) is 5.91 Å². The number of carbonyl (C=O) groups is 1. The third-order valence-corrected chi connectivity index (χ3v) is 4.22. The molecule has 0 unspecified atom stereocenters. The van der Waals surface area contributed by atoms with Crippen LogP contribution in [-0.2, 0) is 17.8 Å². The van der Waals surface area contributed by atoms with Gasteiger partial charge in [-0.15, -0.1) is 0 Å². The average molecular weight is 359 g/mol. The Morgan fingerprint density at radius 1 is 1.32 bits per heavy atom. The van der Waals surface area contributed by atoms with E-state index in [4.69, 9.17) is 16.1 Å². The van der Waals surface area contributed by atoms with Gasteiger partial charge in [-0.2, -0.15) is 5.10 Å². The number of nitrogens with zero attached hydrogens (tertiary/aromatic N) is 3. The van der Waals surface area contributed by atoms with Crippen molar-refractivity contribution in [3.05, 3.63) is 64.1 Å². The summed E-state index contributed by atoms with van der Waals surface area (Å²) in [7, 11) is 0. The van der Waals surface area contributed by atoms with Crippen molar-refractivity contribution in [1.82, 2.24) is 14.9 Å². The van der Waals surface area contributed by atoms with E-state index >= 15 is 0 Å². The summed E-state index contributed by atoms with van der Waals surface area (Å²) in [5, 5.41) is 11.8. The topological polar surface area (TPSA) is 73.0 Å². The number of rotatable bonds is 6. The second kappa shape index (κ2) is 7.53. The maximum Gasteiger partial charge on any atom is 0.225 e. The van der Waals surface area contributed by atoms with Gasteiger partial charge in [-0.05, 0) is 38.0 Å². The molecular weight excluding hydrogens is 340 g/mol. The quantitative estimate of drug-likeness (QED) is 0.728.